The molecule has 16 heavy (non-hydrogen) atoms. The van der Waals surface area contributed by atoms with Crippen LogP contribution < -0.4 is 5.73 Å². The summed E-state index contributed by atoms with van der Waals surface area (Å²) in [4.78, 5) is 7.89. The Morgan fingerprint density at radius 1 is 1.44 bits per heavy atom. The lowest BCUT2D eigenvalue weighted by molar-refractivity contribution is 0.605. The molecular weight excluding hydrogens is 207 g/mol. The number of rotatable bonds is 1. The van der Waals surface area contributed by atoms with E-state index in [-0.39, 0.29) is 6.04 Å². The molecule has 0 saturated heterocycles. The Morgan fingerprint density at radius 2 is 2.31 bits per heavy atom. The monoisotopic (exact) mass is 218 g/mol. The highest BCUT2D eigenvalue weighted by Crippen LogP contribution is 2.29. The maximum Gasteiger partial charge on any atom is 0.169 e. The number of nitrogens with two attached hydrogens (primary N) is 1. The average Bonchev–Trinajstić information content (AvgIpc) is 2.90. The standard InChI is InChI=1S/C11H11FN4/c12-8-5-14-11(13)10-9(8)15-6-16(10)7-3-1-2-4-7/h1,3,5-7H,2,4H2,(H2,13,14)/t7-/m1/s1. The first-order valence-electron chi connectivity index (χ1n) is 5.20. The summed E-state index contributed by atoms with van der Waals surface area (Å²) in [5, 5.41) is 0. The number of halogens is 1. The fourth-order valence-corrected chi connectivity index (χ4v) is 2.14. The van der Waals surface area contributed by atoms with E-state index in [9.17, 15) is 4.39 Å². The summed E-state index contributed by atoms with van der Waals surface area (Å²) in [7, 11) is 0. The van der Waals surface area contributed by atoms with Gasteiger partial charge < -0.3 is 10.3 Å². The molecule has 3 rings (SSSR count). The van der Waals surface area contributed by atoms with Gasteiger partial charge in [-0.15, -0.1) is 0 Å². The van der Waals surface area contributed by atoms with E-state index in [1.54, 1.807) is 6.33 Å². The van der Waals surface area contributed by atoms with Crippen LogP contribution in [0.2, 0.25) is 0 Å². The van der Waals surface area contributed by atoms with Gasteiger partial charge in [0.25, 0.3) is 0 Å². The third-order valence-corrected chi connectivity index (χ3v) is 2.92. The molecule has 0 spiro atoms. The molecule has 1 atom stereocenters. The summed E-state index contributed by atoms with van der Waals surface area (Å²) in [5.74, 6) is -0.0980. The zero-order chi connectivity index (χ0) is 11.1. The minimum atomic E-state index is -0.426. The van der Waals surface area contributed by atoms with Crippen LogP contribution in [0.4, 0.5) is 10.2 Å². The van der Waals surface area contributed by atoms with Gasteiger partial charge in [0.1, 0.15) is 16.9 Å². The van der Waals surface area contributed by atoms with Crippen LogP contribution in [0.25, 0.3) is 11.0 Å². The number of allylic oxidation sites excluding steroid dienone is 2. The summed E-state index contributed by atoms with van der Waals surface area (Å²) in [6.45, 7) is 0. The molecule has 0 aliphatic heterocycles. The van der Waals surface area contributed by atoms with E-state index in [1.165, 1.54) is 0 Å². The molecule has 2 aromatic rings. The maximum atomic E-state index is 13.5. The highest BCUT2D eigenvalue weighted by Gasteiger charge is 2.18. The molecule has 0 fully saturated rings. The van der Waals surface area contributed by atoms with Gasteiger partial charge in [-0.3, -0.25) is 0 Å². The number of fused-ring (bicyclic) bond motifs is 1. The summed E-state index contributed by atoms with van der Waals surface area (Å²) < 4.78 is 15.3. The molecule has 5 heteroatoms. The SMILES string of the molecule is Nc1ncc(F)c2ncn([C@@H]3C=CCC3)c12. The minimum Gasteiger partial charge on any atom is -0.382 e. The quantitative estimate of drug-likeness (QED) is 0.745. The normalized spacial score (nSPS) is 19.7. The lowest BCUT2D eigenvalue weighted by atomic mass is 10.2. The van der Waals surface area contributed by atoms with Crippen LogP contribution >= 0.6 is 0 Å². The van der Waals surface area contributed by atoms with E-state index in [0.29, 0.717) is 16.9 Å². The predicted molar refractivity (Wildman–Crippen MR) is 59.3 cm³/mol. The maximum absolute atomic E-state index is 13.5. The Morgan fingerprint density at radius 3 is 3.06 bits per heavy atom. The Labute approximate surface area is 91.6 Å². The van der Waals surface area contributed by atoms with Gasteiger partial charge in [0, 0.05) is 0 Å². The van der Waals surface area contributed by atoms with E-state index in [2.05, 4.69) is 22.1 Å². The number of imidazole rings is 1. The summed E-state index contributed by atoms with van der Waals surface area (Å²) >= 11 is 0. The van der Waals surface area contributed by atoms with Crippen molar-refractivity contribution in [2.24, 2.45) is 0 Å². The number of anilines is 1. The first kappa shape index (κ1) is 9.33. The van der Waals surface area contributed by atoms with E-state index >= 15 is 0 Å². The van der Waals surface area contributed by atoms with Crippen LogP contribution in [-0.4, -0.2) is 14.5 Å². The van der Waals surface area contributed by atoms with Gasteiger partial charge >= 0.3 is 0 Å². The van der Waals surface area contributed by atoms with Crippen molar-refractivity contribution in [2.45, 2.75) is 18.9 Å². The summed E-state index contributed by atoms with van der Waals surface area (Å²) in [5.41, 5.74) is 6.67. The summed E-state index contributed by atoms with van der Waals surface area (Å²) in [6.07, 6.45) is 8.98. The van der Waals surface area contributed by atoms with Crippen molar-refractivity contribution >= 4 is 16.9 Å². The van der Waals surface area contributed by atoms with E-state index in [0.717, 1.165) is 19.0 Å². The number of pyridine rings is 1. The second-order valence-corrected chi connectivity index (χ2v) is 3.91. The Bertz CT molecular complexity index is 573. The third-order valence-electron chi connectivity index (χ3n) is 2.92. The molecule has 0 amide bonds. The highest BCUT2D eigenvalue weighted by molar-refractivity contribution is 5.85. The molecule has 0 aromatic carbocycles. The van der Waals surface area contributed by atoms with Crippen molar-refractivity contribution < 1.29 is 4.39 Å². The summed E-state index contributed by atoms with van der Waals surface area (Å²) in [6, 6.07) is 0.218. The number of hydrogen-bond donors (Lipinski definition) is 1. The smallest absolute Gasteiger partial charge is 0.169 e. The molecule has 0 radical (unpaired) electrons. The molecule has 2 aromatic heterocycles. The molecule has 4 nitrogen and oxygen atoms in total. The van der Waals surface area contributed by atoms with Gasteiger partial charge in [-0.05, 0) is 12.8 Å². The van der Waals surface area contributed by atoms with Crippen LogP contribution in [0.1, 0.15) is 18.9 Å². The van der Waals surface area contributed by atoms with Crippen LogP contribution in [0.3, 0.4) is 0 Å². The van der Waals surface area contributed by atoms with Crippen LogP contribution in [0, 0.1) is 5.82 Å². The number of hydrogen-bond acceptors (Lipinski definition) is 3. The van der Waals surface area contributed by atoms with E-state index in [4.69, 9.17) is 5.73 Å². The Kier molecular flexibility index (Phi) is 1.92. The van der Waals surface area contributed by atoms with E-state index in [1.807, 2.05) is 4.57 Å². The second kappa shape index (κ2) is 3.30. The molecule has 0 unspecified atom stereocenters. The molecule has 1 aliphatic rings. The topological polar surface area (TPSA) is 56.7 Å². The largest absolute Gasteiger partial charge is 0.382 e. The van der Waals surface area contributed by atoms with Gasteiger partial charge in [0.05, 0.1) is 18.6 Å². The van der Waals surface area contributed by atoms with Gasteiger partial charge in [0.2, 0.25) is 0 Å². The van der Waals surface area contributed by atoms with Crippen molar-refractivity contribution in [1.82, 2.24) is 14.5 Å². The molecule has 1 aliphatic carbocycles. The Balaban J connectivity index is 2.26. The van der Waals surface area contributed by atoms with Crippen molar-refractivity contribution in [2.75, 3.05) is 5.73 Å². The first-order chi connectivity index (χ1) is 7.77. The van der Waals surface area contributed by atoms with Crippen molar-refractivity contribution in [3.63, 3.8) is 0 Å². The molecule has 82 valence electrons. The van der Waals surface area contributed by atoms with Crippen molar-refractivity contribution in [3.05, 3.63) is 30.5 Å². The molecule has 0 bridgehead atoms. The third kappa shape index (κ3) is 1.21. The van der Waals surface area contributed by atoms with Crippen LogP contribution in [0.15, 0.2) is 24.7 Å². The molecule has 0 saturated carbocycles. The average molecular weight is 218 g/mol. The van der Waals surface area contributed by atoms with E-state index < -0.39 is 5.82 Å². The minimum absolute atomic E-state index is 0.218. The fraction of sp³-hybridized carbons (Fsp3) is 0.273. The zero-order valence-corrected chi connectivity index (χ0v) is 8.60. The Hall–Kier alpha value is -1.91. The van der Waals surface area contributed by atoms with Crippen molar-refractivity contribution in [3.8, 4) is 0 Å². The van der Waals surface area contributed by atoms with Gasteiger partial charge in [-0.25, -0.2) is 14.4 Å². The molecular formula is C11H11FN4. The van der Waals surface area contributed by atoms with Gasteiger partial charge in [0.15, 0.2) is 5.82 Å². The fourth-order valence-electron chi connectivity index (χ4n) is 2.14. The van der Waals surface area contributed by atoms with Crippen LogP contribution in [0.5, 0.6) is 0 Å². The lowest BCUT2D eigenvalue weighted by Gasteiger charge is -2.11. The number of nitrogens with zero attached hydrogens (tertiary/aromatic N) is 3. The number of nitrogen functional groups attached to an aromatic ring is 1. The number of aromatic nitrogens is 3. The van der Waals surface area contributed by atoms with Crippen molar-refractivity contribution in [1.29, 1.82) is 0 Å². The zero-order valence-electron chi connectivity index (χ0n) is 8.60. The van der Waals surface area contributed by atoms with Gasteiger partial charge in [-0.2, -0.15) is 0 Å². The predicted octanol–water partition coefficient (Wildman–Crippen LogP) is 2.04. The van der Waals surface area contributed by atoms with Crippen LogP contribution in [-0.2, 0) is 0 Å². The second-order valence-electron chi connectivity index (χ2n) is 3.91. The molecule has 2 heterocycles. The lowest BCUT2D eigenvalue weighted by Crippen LogP contribution is -2.05. The van der Waals surface area contributed by atoms with Gasteiger partial charge in [-0.1, -0.05) is 12.2 Å². The first-order valence-corrected chi connectivity index (χ1v) is 5.20. The highest BCUT2D eigenvalue weighted by atomic mass is 19.1. The molecule has 2 N–H and O–H groups in total.